The van der Waals surface area contributed by atoms with Gasteiger partial charge in [-0.15, -0.1) is 0 Å². The molecule has 0 heterocycles. The second-order valence-electron chi connectivity index (χ2n) is 4.04. The van der Waals surface area contributed by atoms with Crippen molar-refractivity contribution in [2.24, 2.45) is 0 Å². The predicted molar refractivity (Wildman–Crippen MR) is 83.7 cm³/mol. The van der Waals surface area contributed by atoms with Crippen molar-refractivity contribution < 1.29 is 9.47 Å². The van der Waals surface area contributed by atoms with E-state index in [2.05, 4.69) is 5.32 Å². The fourth-order valence-electron chi connectivity index (χ4n) is 1.74. The van der Waals surface area contributed by atoms with E-state index in [0.29, 0.717) is 38.6 Å². The van der Waals surface area contributed by atoms with Gasteiger partial charge in [0.2, 0.25) is 0 Å². The quantitative estimate of drug-likeness (QED) is 0.825. The molecule has 0 radical (unpaired) electrons. The van der Waals surface area contributed by atoms with Crippen molar-refractivity contribution in [1.29, 1.82) is 0 Å². The highest BCUT2D eigenvalue weighted by atomic mass is 35.5. The van der Waals surface area contributed by atoms with E-state index in [0.717, 1.165) is 0 Å². The van der Waals surface area contributed by atoms with Crippen LogP contribution in [0.3, 0.4) is 0 Å². The maximum absolute atomic E-state index is 6.11. The van der Waals surface area contributed by atoms with Crippen LogP contribution in [0.2, 0.25) is 10.0 Å². The predicted octanol–water partition coefficient (Wildman–Crippen LogP) is 4.34. The fraction of sp³-hybridized carbons (Fsp3) is 0.143. The number of anilines is 3. The SMILES string of the molecule is COc1cc(N)c(Nc2cc(Cl)ccc2Cl)cc1OC. The Balaban J connectivity index is 2.40. The molecule has 0 unspecified atom stereocenters. The molecule has 0 amide bonds. The molecule has 2 rings (SSSR count). The summed E-state index contributed by atoms with van der Waals surface area (Å²) in [6, 6.07) is 8.57. The lowest BCUT2D eigenvalue weighted by atomic mass is 10.2. The Bertz CT molecular complexity index is 633. The van der Waals surface area contributed by atoms with Crippen LogP contribution < -0.4 is 20.5 Å². The third-order valence-corrected chi connectivity index (χ3v) is 3.32. The van der Waals surface area contributed by atoms with Gasteiger partial charge in [0.15, 0.2) is 11.5 Å². The number of methoxy groups -OCH3 is 2. The molecule has 6 heteroatoms. The Morgan fingerprint density at radius 3 is 2.25 bits per heavy atom. The molecule has 0 fully saturated rings. The van der Waals surface area contributed by atoms with Gasteiger partial charge in [-0.2, -0.15) is 0 Å². The Hall–Kier alpha value is -1.78. The van der Waals surface area contributed by atoms with Gasteiger partial charge in [0, 0.05) is 17.2 Å². The lowest BCUT2D eigenvalue weighted by Gasteiger charge is -2.15. The first-order chi connectivity index (χ1) is 9.55. The molecule has 106 valence electrons. The van der Waals surface area contributed by atoms with Gasteiger partial charge in [0.05, 0.1) is 36.3 Å². The molecular weight excluding hydrogens is 299 g/mol. The smallest absolute Gasteiger partial charge is 0.162 e. The minimum Gasteiger partial charge on any atom is -0.493 e. The standard InChI is InChI=1S/C14H14Cl2N2O2/c1-19-13-6-10(17)12(7-14(13)20-2)18-11-5-8(15)3-4-9(11)16/h3-7,18H,17H2,1-2H3. The number of ether oxygens (including phenoxy) is 2. The summed E-state index contributed by atoms with van der Waals surface area (Å²) in [6.45, 7) is 0. The summed E-state index contributed by atoms with van der Waals surface area (Å²) in [5, 5.41) is 4.25. The van der Waals surface area contributed by atoms with Crippen LogP contribution >= 0.6 is 23.2 Å². The summed E-state index contributed by atoms with van der Waals surface area (Å²) >= 11 is 12.1. The normalized spacial score (nSPS) is 10.2. The third-order valence-electron chi connectivity index (χ3n) is 2.75. The van der Waals surface area contributed by atoms with E-state index in [4.69, 9.17) is 38.4 Å². The first-order valence-corrected chi connectivity index (χ1v) is 6.54. The maximum Gasteiger partial charge on any atom is 0.162 e. The van der Waals surface area contributed by atoms with E-state index in [-0.39, 0.29) is 0 Å². The number of nitrogens with one attached hydrogen (secondary N) is 1. The van der Waals surface area contributed by atoms with E-state index in [9.17, 15) is 0 Å². The Kier molecular flexibility index (Phi) is 4.47. The Morgan fingerprint density at radius 1 is 0.950 bits per heavy atom. The molecule has 0 saturated carbocycles. The van der Waals surface area contributed by atoms with E-state index in [1.165, 1.54) is 0 Å². The molecule has 2 aromatic rings. The van der Waals surface area contributed by atoms with Crippen LogP contribution in [0.5, 0.6) is 11.5 Å². The molecule has 20 heavy (non-hydrogen) atoms. The molecule has 0 aliphatic rings. The van der Waals surface area contributed by atoms with Crippen LogP contribution in [0.25, 0.3) is 0 Å². The number of hydrogen-bond donors (Lipinski definition) is 2. The summed E-state index contributed by atoms with van der Waals surface area (Å²) in [5.41, 5.74) is 7.82. The molecule has 0 bridgehead atoms. The Labute approximate surface area is 127 Å². The van der Waals surface area contributed by atoms with E-state index in [1.54, 1.807) is 44.6 Å². The lowest BCUT2D eigenvalue weighted by Crippen LogP contribution is -1.99. The maximum atomic E-state index is 6.11. The largest absolute Gasteiger partial charge is 0.493 e. The third kappa shape index (κ3) is 3.03. The minimum atomic E-state index is 0.513. The first-order valence-electron chi connectivity index (χ1n) is 5.78. The van der Waals surface area contributed by atoms with E-state index in [1.807, 2.05) is 0 Å². The average molecular weight is 313 g/mol. The molecule has 0 aliphatic carbocycles. The van der Waals surface area contributed by atoms with Crippen molar-refractivity contribution in [2.45, 2.75) is 0 Å². The summed E-state index contributed by atoms with van der Waals surface area (Å²) in [4.78, 5) is 0. The van der Waals surface area contributed by atoms with Crippen molar-refractivity contribution in [2.75, 3.05) is 25.3 Å². The van der Waals surface area contributed by atoms with E-state index < -0.39 is 0 Å². The Morgan fingerprint density at radius 2 is 1.60 bits per heavy atom. The average Bonchev–Trinajstić information content (AvgIpc) is 2.44. The van der Waals surface area contributed by atoms with Crippen LogP contribution in [0.15, 0.2) is 30.3 Å². The second-order valence-corrected chi connectivity index (χ2v) is 4.89. The van der Waals surface area contributed by atoms with E-state index >= 15 is 0 Å². The first kappa shape index (κ1) is 14.6. The van der Waals surface area contributed by atoms with Gasteiger partial charge in [0.25, 0.3) is 0 Å². The monoisotopic (exact) mass is 312 g/mol. The van der Waals surface area contributed by atoms with Gasteiger partial charge in [-0.3, -0.25) is 0 Å². The molecule has 0 aromatic heterocycles. The molecule has 2 aromatic carbocycles. The number of nitrogen functional groups attached to an aromatic ring is 1. The zero-order valence-corrected chi connectivity index (χ0v) is 12.5. The minimum absolute atomic E-state index is 0.513. The molecular formula is C14H14Cl2N2O2. The highest BCUT2D eigenvalue weighted by Crippen LogP contribution is 2.37. The van der Waals surface area contributed by atoms with Crippen molar-refractivity contribution in [3.63, 3.8) is 0 Å². The molecule has 0 aliphatic heterocycles. The zero-order valence-electron chi connectivity index (χ0n) is 11.0. The highest BCUT2D eigenvalue weighted by Gasteiger charge is 2.10. The molecule has 4 nitrogen and oxygen atoms in total. The second kappa shape index (κ2) is 6.11. The van der Waals surface area contributed by atoms with Gasteiger partial charge >= 0.3 is 0 Å². The van der Waals surface area contributed by atoms with Gasteiger partial charge in [-0.25, -0.2) is 0 Å². The van der Waals surface area contributed by atoms with Crippen LogP contribution in [-0.2, 0) is 0 Å². The van der Waals surface area contributed by atoms with Crippen LogP contribution in [0.1, 0.15) is 0 Å². The van der Waals surface area contributed by atoms with Crippen LogP contribution in [0.4, 0.5) is 17.1 Å². The van der Waals surface area contributed by atoms with Crippen LogP contribution in [-0.4, -0.2) is 14.2 Å². The van der Waals surface area contributed by atoms with Crippen molar-refractivity contribution >= 4 is 40.3 Å². The van der Waals surface area contributed by atoms with Gasteiger partial charge in [-0.1, -0.05) is 23.2 Å². The van der Waals surface area contributed by atoms with Gasteiger partial charge in [-0.05, 0) is 18.2 Å². The molecule has 0 saturated heterocycles. The topological polar surface area (TPSA) is 56.5 Å². The fourth-order valence-corrected chi connectivity index (χ4v) is 2.08. The lowest BCUT2D eigenvalue weighted by molar-refractivity contribution is 0.355. The van der Waals surface area contributed by atoms with Crippen molar-refractivity contribution in [3.05, 3.63) is 40.4 Å². The summed E-state index contributed by atoms with van der Waals surface area (Å²) in [5.74, 6) is 1.13. The molecule has 0 atom stereocenters. The number of rotatable bonds is 4. The summed E-state index contributed by atoms with van der Waals surface area (Å²) < 4.78 is 10.4. The zero-order chi connectivity index (χ0) is 14.7. The van der Waals surface area contributed by atoms with Crippen molar-refractivity contribution in [1.82, 2.24) is 0 Å². The molecule has 3 N–H and O–H groups in total. The van der Waals surface area contributed by atoms with Gasteiger partial charge in [0.1, 0.15) is 0 Å². The van der Waals surface area contributed by atoms with Crippen molar-refractivity contribution in [3.8, 4) is 11.5 Å². The highest BCUT2D eigenvalue weighted by molar-refractivity contribution is 6.35. The summed E-state index contributed by atoms with van der Waals surface area (Å²) in [6.07, 6.45) is 0. The summed E-state index contributed by atoms with van der Waals surface area (Å²) in [7, 11) is 3.11. The number of nitrogens with two attached hydrogens (primary N) is 1. The number of hydrogen-bond acceptors (Lipinski definition) is 4. The number of benzene rings is 2. The number of halogens is 2. The van der Waals surface area contributed by atoms with Gasteiger partial charge < -0.3 is 20.5 Å². The van der Waals surface area contributed by atoms with Crippen LogP contribution in [0, 0.1) is 0 Å². The molecule has 0 spiro atoms.